The maximum atomic E-state index is 6.57. The molecule has 2 aromatic rings. The van der Waals surface area contributed by atoms with Crippen LogP contribution in [-0.4, -0.2) is 0 Å². The zero-order valence-electron chi connectivity index (χ0n) is 10.3. The molecule has 3 rings (SSSR count). The molecule has 3 heteroatoms. The fraction of sp³-hybridized carbons (Fsp3) is 0.333. The predicted molar refractivity (Wildman–Crippen MR) is 81.0 cm³/mol. The summed E-state index contributed by atoms with van der Waals surface area (Å²) in [6.07, 6.45) is 2.40. The van der Waals surface area contributed by atoms with E-state index in [9.17, 15) is 0 Å². The summed E-state index contributed by atoms with van der Waals surface area (Å²) in [5.41, 5.74) is 9.43. The third-order valence-corrected chi connectivity index (χ3v) is 5.56. The van der Waals surface area contributed by atoms with Crippen molar-refractivity contribution in [2.45, 2.75) is 31.2 Å². The summed E-state index contributed by atoms with van der Waals surface area (Å²) in [5.74, 6) is 0. The SMILES string of the molecule is Cc1sc(Br)cc1C(N)C1(c2ccccc2)CC1. The number of rotatable bonds is 3. The first-order valence-electron chi connectivity index (χ1n) is 6.20. The van der Waals surface area contributed by atoms with Crippen molar-refractivity contribution in [3.63, 3.8) is 0 Å². The summed E-state index contributed by atoms with van der Waals surface area (Å²) < 4.78 is 1.18. The van der Waals surface area contributed by atoms with Crippen LogP contribution in [0.1, 0.15) is 34.9 Å². The Kier molecular flexibility index (Phi) is 3.08. The summed E-state index contributed by atoms with van der Waals surface area (Å²) in [5, 5.41) is 0. The van der Waals surface area contributed by atoms with Gasteiger partial charge in [0, 0.05) is 16.3 Å². The van der Waals surface area contributed by atoms with E-state index in [0.29, 0.717) is 0 Å². The van der Waals surface area contributed by atoms with Gasteiger partial charge in [-0.2, -0.15) is 0 Å². The van der Waals surface area contributed by atoms with Gasteiger partial charge in [-0.15, -0.1) is 11.3 Å². The molecule has 1 saturated carbocycles. The molecule has 0 radical (unpaired) electrons. The van der Waals surface area contributed by atoms with E-state index in [1.54, 1.807) is 11.3 Å². The molecule has 1 aliphatic carbocycles. The number of halogens is 1. The second-order valence-corrected chi connectivity index (χ2v) is 7.70. The normalized spacial score (nSPS) is 18.6. The molecule has 0 amide bonds. The summed E-state index contributed by atoms with van der Waals surface area (Å²) in [4.78, 5) is 1.33. The molecule has 1 fully saturated rings. The second-order valence-electron chi connectivity index (χ2n) is 5.06. The van der Waals surface area contributed by atoms with Gasteiger partial charge in [-0.05, 0) is 52.9 Å². The topological polar surface area (TPSA) is 26.0 Å². The third kappa shape index (κ3) is 1.94. The van der Waals surface area contributed by atoms with Gasteiger partial charge in [-0.3, -0.25) is 0 Å². The number of nitrogens with two attached hydrogens (primary N) is 1. The number of benzene rings is 1. The number of hydrogen-bond donors (Lipinski definition) is 1. The van der Waals surface area contributed by atoms with Crippen LogP contribution < -0.4 is 5.73 Å². The molecule has 1 heterocycles. The number of thiophene rings is 1. The van der Waals surface area contributed by atoms with Crippen LogP contribution in [0.25, 0.3) is 0 Å². The van der Waals surface area contributed by atoms with Crippen molar-refractivity contribution in [1.82, 2.24) is 0 Å². The molecule has 2 N–H and O–H groups in total. The van der Waals surface area contributed by atoms with Crippen LogP contribution in [0.2, 0.25) is 0 Å². The molecule has 1 aromatic heterocycles. The zero-order chi connectivity index (χ0) is 12.8. The van der Waals surface area contributed by atoms with Gasteiger partial charge in [0.25, 0.3) is 0 Å². The van der Waals surface area contributed by atoms with Gasteiger partial charge in [-0.1, -0.05) is 30.3 Å². The van der Waals surface area contributed by atoms with Gasteiger partial charge in [0.15, 0.2) is 0 Å². The van der Waals surface area contributed by atoms with Crippen molar-refractivity contribution in [2.75, 3.05) is 0 Å². The molecule has 1 aromatic carbocycles. The van der Waals surface area contributed by atoms with Crippen LogP contribution in [0.3, 0.4) is 0 Å². The lowest BCUT2D eigenvalue weighted by Gasteiger charge is -2.24. The molecule has 18 heavy (non-hydrogen) atoms. The highest BCUT2D eigenvalue weighted by Crippen LogP contribution is 2.56. The molecule has 1 unspecified atom stereocenters. The van der Waals surface area contributed by atoms with E-state index in [1.807, 2.05) is 0 Å². The Bertz CT molecular complexity index is 557. The van der Waals surface area contributed by atoms with E-state index >= 15 is 0 Å². The quantitative estimate of drug-likeness (QED) is 0.881. The minimum absolute atomic E-state index is 0.113. The van der Waals surface area contributed by atoms with E-state index in [1.165, 1.54) is 32.6 Å². The van der Waals surface area contributed by atoms with E-state index in [4.69, 9.17) is 5.73 Å². The molecule has 0 saturated heterocycles. The maximum Gasteiger partial charge on any atom is 0.0704 e. The molecule has 1 aliphatic rings. The number of aryl methyl sites for hydroxylation is 1. The van der Waals surface area contributed by atoms with E-state index in [2.05, 4.69) is 59.3 Å². The Labute approximate surface area is 120 Å². The minimum atomic E-state index is 0.113. The summed E-state index contributed by atoms with van der Waals surface area (Å²) in [7, 11) is 0. The lowest BCUT2D eigenvalue weighted by Crippen LogP contribution is -2.26. The largest absolute Gasteiger partial charge is 0.323 e. The van der Waals surface area contributed by atoms with Gasteiger partial charge < -0.3 is 5.73 Å². The van der Waals surface area contributed by atoms with Crippen LogP contribution >= 0.6 is 27.3 Å². The molecule has 1 nitrogen and oxygen atoms in total. The minimum Gasteiger partial charge on any atom is -0.323 e. The molecule has 0 spiro atoms. The van der Waals surface area contributed by atoms with E-state index < -0.39 is 0 Å². The van der Waals surface area contributed by atoms with E-state index in [0.717, 1.165) is 0 Å². The fourth-order valence-corrected chi connectivity index (χ4v) is 4.51. The molecule has 0 bridgehead atoms. The first kappa shape index (κ1) is 12.4. The molecule has 94 valence electrons. The van der Waals surface area contributed by atoms with E-state index in [-0.39, 0.29) is 11.5 Å². The van der Waals surface area contributed by atoms with Crippen LogP contribution in [0.5, 0.6) is 0 Å². The lowest BCUT2D eigenvalue weighted by atomic mass is 9.85. The van der Waals surface area contributed by atoms with Gasteiger partial charge in [0.1, 0.15) is 0 Å². The third-order valence-electron chi connectivity index (χ3n) is 3.99. The Balaban J connectivity index is 1.98. The van der Waals surface area contributed by atoms with Crippen molar-refractivity contribution >= 4 is 27.3 Å². The Morgan fingerprint density at radius 2 is 1.94 bits per heavy atom. The maximum absolute atomic E-state index is 6.57. The smallest absolute Gasteiger partial charge is 0.0704 e. The van der Waals surface area contributed by atoms with Crippen LogP contribution in [0, 0.1) is 6.92 Å². The molecular weight excluding hydrogens is 306 g/mol. The van der Waals surface area contributed by atoms with Crippen molar-refractivity contribution in [1.29, 1.82) is 0 Å². The van der Waals surface area contributed by atoms with Gasteiger partial charge >= 0.3 is 0 Å². The van der Waals surface area contributed by atoms with Crippen LogP contribution in [-0.2, 0) is 5.41 Å². The average molecular weight is 322 g/mol. The molecule has 0 aliphatic heterocycles. The van der Waals surface area contributed by atoms with Crippen molar-refractivity contribution in [3.05, 3.63) is 56.2 Å². The highest BCUT2D eigenvalue weighted by molar-refractivity contribution is 9.11. The highest BCUT2D eigenvalue weighted by atomic mass is 79.9. The Morgan fingerprint density at radius 1 is 1.28 bits per heavy atom. The number of hydrogen-bond acceptors (Lipinski definition) is 2. The molecular formula is C15H16BrNS. The molecule has 1 atom stereocenters. The summed E-state index contributed by atoms with van der Waals surface area (Å²) in [6.45, 7) is 2.16. The van der Waals surface area contributed by atoms with Crippen molar-refractivity contribution in [2.24, 2.45) is 5.73 Å². The Morgan fingerprint density at radius 3 is 2.44 bits per heavy atom. The zero-order valence-corrected chi connectivity index (χ0v) is 12.7. The fourth-order valence-electron chi connectivity index (χ4n) is 2.75. The lowest BCUT2D eigenvalue weighted by molar-refractivity contribution is 0.541. The van der Waals surface area contributed by atoms with Crippen molar-refractivity contribution in [3.8, 4) is 0 Å². The van der Waals surface area contributed by atoms with Gasteiger partial charge in [0.05, 0.1) is 3.79 Å². The van der Waals surface area contributed by atoms with Gasteiger partial charge in [0.2, 0.25) is 0 Å². The first-order chi connectivity index (χ1) is 8.63. The average Bonchev–Trinajstić information content (AvgIpc) is 3.11. The second kappa shape index (κ2) is 4.48. The highest BCUT2D eigenvalue weighted by Gasteiger charge is 2.50. The standard InChI is InChI=1S/C15H16BrNS/c1-10-12(9-13(16)18-10)14(17)15(7-8-15)11-5-3-2-4-6-11/h2-6,9,14H,7-8,17H2,1H3. The first-order valence-corrected chi connectivity index (χ1v) is 7.81. The van der Waals surface area contributed by atoms with Gasteiger partial charge in [-0.25, -0.2) is 0 Å². The predicted octanol–water partition coefficient (Wildman–Crippen LogP) is 4.55. The Hall–Kier alpha value is -0.640. The van der Waals surface area contributed by atoms with Crippen LogP contribution in [0.4, 0.5) is 0 Å². The van der Waals surface area contributed by atoms with Crippen LogP contribution in [0.15, 0.2) is 40.2 Å². The monoisotopic (exact) mass is 321 g/mol. The summed E-state index contributed by atoms with van der Waals surface area (Å²) in [6, 6.07) is 13.0. The van der Waals surface area contributed by atoms with Crippen molar-refractivity contribution < 1.29 is 0 Å². The summed E-state index contributed by atoms with van der Waals surface area (Å²) >= 11 is 5.33.